The molecule has 0 radical (unpaired) electrons. The molecule has 0 aliphatic carbocycles. The Labute approximate surface area is 180 Å². The number of halogens is 1. The number of carbonyl (C=O) groups excluding carboxylic acids is 1. The van der Waals surface area contributed by atoms with Gasteiger partial charge in [-0.15, -0.1) is 0 Å². The van der Waals surface area contributed by atoms with E-state index in [0.717, 1.165) is 68.0 Å². The summed E-state index contributed by atoms with van der Waals surface area (Å²) in [6, 6.07) is 6.40. The van der Waals surface area contributed by atoms with Gasteiger partial charge in [-0.25, -0.2) is 19.3 Å². The normalized spacial score (nSPS) is 19.2. The summed E-state index contributed by atoms with van der Waals surface area (Å²) < 4.78 is 16.4. The molecule has 0 spiro atoms. The fourth-order valence-electron chi connectivity index (χ4n) is 4.84. The molecular formula is C23H27FN6O. The Morgan fingerprint density at radius 2 is 2.00 bits per heavy atom. The molecule has 8 heteroatoms. The van der Waals surface area contributed by atoms with Gasteiger partial charge in [-0.3, -0.25) is 4.79 Å². The van der Waals surface area contributed by atoms with Crippen LogP contribution in [0, 0.1) is 11.7 Å². The van der Waals surface area contributed by atoms with Gasteiger partial charge in [-0.2, -0.15) is 0 Å². The Morgan fingerprint density at radius 1 is 1.13 bits per heavy atom. The van der Waals surface area contributed by atoms with Crippen LogP contribution in [0.1, 0.15) is 37.9 Å². The number of nitrogens with zero attached hydrogens (tertiary/aromatic N) is 6. The Balaban J connectivity index is 1.41. The third-order valence-electron chi connectivity index (χ3n) is 6.49. The smallest absolute Gasteiger partial charge is 0.231 e. The van der Waals surface area contributed by atoms with Crippen LogP contribution in [0.5, 0.6) is 0 Å². The lowest BCUT2D eigenvalue weighted by atomic mass is 9.96. The van der Waals surface area contributed by atoms with Crippen molar-refractivity contribution in [3.63, 3.8) is 0 Å². The van der Waals surface area contributed by atoms with Crippen LogP contribution >= 0.6 is 0 Å². The highest BCUT2D eigenvalue weighted by atomic mass is 19.1. The van der Waals surface area contributed by atoms with Crippen molar-refractivity contribution in [1.82, 2.24) is 19.5 Å². The maximum absolute atomic E-state index is 14.2. The first-order valence-corrected chi connectivity index (χ1v) is 11.1. The van der Waals surface area contributed by atoms with Gasteiger partial charge in [-0.05, 0) is 37.8 Å². The largest absolute Gasteiger partial charge is 0.354 e. The number of aromatic nitrogens is 4. The number of amides is 1. The van der Waals surface area contributed by atoms with Crippen molar-refractivity contribution in [2.75, 3.05) is 29.9 Å². The van der Waals surface area contributed by atoms with Gasteiger partial charge in [0.1, 0.15) is 18.0 Å². The molecule has 0 unspecified atom stereocenters. The summed E-state index contributed by atoms with van der Waals surface area (Å²) in [6.07, 6.45) is 7.73. The molecule has 0 bridgehead atoms. The van der Waals surface area contributed by atoms with E-state index in [1.807, 2.05) is 0 Å². The Hall–Kier alpha value is -3.03. The summed E-state index contributed by atoms with van der Waals surface area (Å²) in [5.41, 5.74) is 2.03. The van der Waals surface area contributed by atoms with Crippen molar-refractivity contribution < 1.29 is 9.18 Å². The molecule has 0 saturated carbocycles. The molecule has 5 rings (SSSR count). The zero-order valence-electron chi connectivity index (χ0n) is 17.8. The molecule has 4 heterocycles. The molecule has 7 nitrogen and oxygen atoms in total. The van der Waals surface area contributed by atoms with Crippen molar-refractivity contribution in [3.8, 4) is 0 Å². The minimum Gasteiger partial charge on any atom is -0.354 e. The fourth-order valence-corrected chi connectivity index (χ4v) is 4.84. The topological polar surface area (TPSA) is 67.2 Å². The Bertz CT molecular complexity index is 1110. The van der Waals surface area contributed by atoms with Crippen molar-refractivity contribution in [2.45, 2.75) is 45.1 Å². The zero-order valence-corrected chi connectivity index (χ0v) is 17.8. The molecule has 1 amide bonds. The van der Waals surface area contributed by atoms with E-state index in [2.05, 4.69) is 19.4 Å². The number of para-hydroxylation sites is 1. The fraction of sp³-hybridized carbons (Fsp3) is 0.478. The second-order valence-electron chi connectivity index (χ2n) is 8.49. The van der Waals surface area contributed by atoms with Crippen LogP contribution < -0.4 is 9.80 Å². The van der Waals surface area contributed by atoms with Gasteiger partial charge < -0.3 is 14.4 Å². The number of benzene rings is 1. The molecule has 31 heavy (non-hydrogen) atoms. The molecule has 3 aromatic rings. The standard InChI is InChI=1S/C23H27FN6O/c1-28(18-10-5-4-9-17(18)24)23(31)16-8-7-12-29(14-16)21-20-22(26-15-25-21)30-13-6-2-3-11-19(30)27-20/h4-5,9-10,15-16H,2-3,6-8,11-14H2,1H3/t16-/m0/s1. The first-order valence-electron chi connectivity index (χ1n) is 11.1. The Morgan fingerprint density at radius 3 is 2.87 bits per heavy atom. The third kappa shape index (κ3) is 3.64. The van der Waals surface area contributed by atoms with E-state index < -0.39 is 0 Å². The average molecular weight is 423 g/mol. The molecule has 1 saturated heterocycles. The molecule has 2 aromatic heterocycles. The van der Waals surface area contributed by atoms with Crippen LogP contribution in [-0.4, -0.2) is 45.6 Å². The van der Waals surface area contributed by atoms with Crippen molar-refractivity contribution in [1.29, 1.82) is 0 Å². The first kappa shape index (κ1) is 19.9. The van der Waals surface area contributed by atoms with E-state index in [1.54, 1.807) is 31.6 Å². The van der Waals surface area contributed by atoms with Crippen LogP contribution in [-0.2, 0) is 17.8 Å². The highest BCUT2D eigenvalue weighted by molar-refractivity contribution is 5.95. The number of piperidine rings is 1. The number of carbonyl (C=O) groups is 1. The van der Waals surface area contributed by atoms with Crippen molar-refractivity contribution in [2.24, 2.45) is 5.92 Å². The van der Waals surface area contributed by atoms with Gasteiger partial charge in [0.25, 0.3) is 0 Å². The quantitative estimate of drug-likeness (QED) is 0.646. The van der Waals surface area contributed by atoms with E-state index in [1.165, 1.54) is 17.4 Å². The second-order valence-corrected chi connectivity index (χ2v) is 8.49. The summed E-state index contributed by atoms with van der Waals surface area (Å²) in [6.45, 7) is 2.31. The maximum Gasteiger partial charge on any atom is 0.231 e. The molecule has 1 atom stereocenters. The number of anilines is 2. The highest BCUT2D eigenvalue weighted by Crippen LogP contribution is 2.30. The van der Waals surface area contributed by atoms with Crippen molar-refractivity contribution >= 4 is 28.6 Å². The molecule has 2 aliphatic rings. The Kier molecular flexibility index (Phi) is 5.29. The van der Waals surface area contributed by atoms with Crippen LogP contribution in [0.3, 0.4) is 0 Å². The third-order valence-corrected chi connectivity index (χ3v) is 6.49. The number of fused-ring (bicyclic) bond motifs is 3. The molecule has 2 aliphatic heterocycles. The van der Waals surface area contributed by atoms with Gasteiger partial charge in [0, 0.05) is 33.1 Å². The van der Waals surface area contributed by atoms with E-state index in [9.17, 15) is 9.18 Å². The van der Waals surface area contributed by atoms with Crippen LogP contribution in [0.25, 0.3) is 11.2 Å². The van der Waals surface area contributed by atoms with E-state index in [0.29, 0.717) is 12.2 Å². The zero-order chi connectivity index (χ0) is 21.4. The first-order chi connectivity index (χ1) is 15.1. The average Bonchev–Trinajstić information content (AvgIpc) is 2.99. The summed E-state index contributed by atoms with van der Waals surface area (Å²) in [4.78, 5) is 30.8. The van der Waals surface area contributed by atoms with Gasteiger partial charge in [0.2, 0.25) is 5.91 Å². The lowest BCUT2D eigenvalue weighted by molar-refractivity contribution is -0.122. The predicted octanol–water partition coefficient (Wildman–Crippen LogP) is 3.57. The predicted molar refractivity (Wildman–Crippen MR) is 118 cm³/mol. The van der Waals surface area contributed by atoms with Crippen molar-refractivity contribution in [3.05, 3.63) is 42.2 Å². The maximum atomic E-state index is 14.2. The summed E-state index contributed by atoms with van der Waals surface area (Å²) >= 11 is 0. The molecule has 162 valence electrons. The summed E-state index contributed by atoms with van der Waals surface area (Å²) in [5, 5.41) is 0. The van der Waals surface area contributed by atoms with E-state index in [4.69, 9.17) is 4.98 Å². The monoisotopic (exact) mass is 422 g/mol. The van der Waals surface area contributed by atoms with Gasteiger partial charge in [0.15, 0.2) is 17.0 Å². The van der Waals surface area contributed by atoms with E-state index >= 15 is 0 Å². The van der Waals surface area contributed by atoms with E-state index in [-0.39, 0.29) is 17.6 Å². The van der Waals surface area contributed by atoms with Gasteiger partial charge in [0.05, 0.1) is 11.6 Å². The second kappa shape index (κ2) is 8.24. The molecular weight excluding hydrogens is 395 g/mol. The summed E-state index contributed by atoms with van der Waals surface area (Å²) in [7, 11) is 1.65. The SMILES string of the molecule is CN(C(=O)[C@H]1CCCN(c2ncnc3c2nc2n3CCCCC2)C1)c1ccccc1F. The highest BCUT2D eigenvalue weighted by Gasteiger charge is 2.31. The van der Waals surface area contributed by atoms with Gasteiger partial charge >= 0.3 is 0 Å². The number of imidazole rings is 1. The minimum absolute atomic E-state index is 0.0688. The van der Waals surface area contributed by atoms with Crippen LogP contribution in [0.15, 0.2) is 30.6 Å². The van der Waals surface area contributed by atoms with Gasteiger partial charge in [-0.1, -0.05) is 18.6 Å². The van der Waals surface area contributed by atoms with Crippen LogP contribution in [0.2, 0.25) is 0 Å². The lowest BCUT2D eigenvalue weighted by Crippen LogP contribution is -2.44. The number of aryl methyl sites for hydroxylation is 2. The minimum atomic E-state index is -0.386. The van der Waals surface area contributed by atoms with Crippen LogP contribution in [0.4, 0.5) is 15.9 Å². The molecule has 1 fully saturated rings. The lowest BCUT2D eigenvalue weighted by Gasteiger charge is -2.34. The number of rotatable bonds is 3. The number of hydrogen-bond donors (Lipinski definition) is 0. The molecule has 0 N–H and O–H groups in total. The molecule has 1 aromatic carbocycles. The summed E-state index contributed by atoms with van der Waals surface area (Å²) in [5.74, 6) is 1.21. The number of hydrogen-bond acceptors (Lipinski definition) is 5.